The molecule has 0 aromatic heterocycles. The van der Waals surface area contributed by atoms with Crippen molar-refractivity contribution >= 4 is 26.7 Å². The number of amides is 1. The molecule has 0 saturated carbocycles. The Hall–Kier alpha value is -1.92. The summed E-state index contributed by atoms with van der Waals surface area (Å²) in [6, 6.07) is 12.2. The number of primary amides is 1. The molecule has 0 aliphatic carbocycles. The second-order valence-corrected chi connectivity index (χ2v) is 6.22. The van der Waals surface area contributed by atoms with Crippen molar-refractivity contribution < 1.29 is 13.2 Å². The summed E-state index contributed by atoms with van der Waals surface area (Å²) < 4.78 is 25.8. The third kappa shape index (κ3) is 2.59. The van der Waals surface area contributed by atoms with Gasteiger partial charge >= 0.3 is 0 Å². The van der Waals surface area contributed by atoms with E-state index in [-0.39, 0.29) is 11.4 Å². The van der Waals surface area contributed by atoms with E-state index in [1.807, 2.05) is 18.2 Å². The summed E-state index contributed by atoms with van der Waals surface area (Å²) in [7, 11) is -2.39. The number of sulfonamides is 1. The van der Waals surface area contributed by atoms with Crippen molar-refractivity contribution in [1.82, 2.24) is 4.31 Å². The van der Waals surface area contributed by atoms with Crippen LogP contribution in [0.25, 0.3) is 10.8 Å². The zero-order chi connectivity index (χ0) is 14.0. The van der Waals surface area contributed by atoms with Crippen molar-refractivity contribution in [3.05, 3.63) is 42.5 Å². The fraction of sp³-hybridized carbons (Fsp3) is 0.154. The first-order chi connectivity index (χ1) is 8.93. The molecule has 0 heterocycles. The summed E-state index contributed by atoms with van der Waals surface area (Å²) in [4.78, 5) is 11.0. The highest BCUT2D eigenvalue weighted by Gasteiger charge is 2.23. The fourth-order valence-corrected chi connectivity index (χ4v) is 3.24. The van der Waals surface area contributed by atoms with Gasteiger partial charge in [0.25, 0.3) is 0 Å². The second kappa shape index (κ2) is 4.99. The molecule has 0 unspecified atom stereocenters. The quantitative estimate of drug-likeness (QED) is 0.904. The lowest BCUT2D eigenvalue weighted by Gasteiger charge is -2.16. The third-order valence-corrected chi connectivity index (χ3v) is 4.68. The summed E-state index contributed by atoms with van der Waals surface area (Å²) >= 11 is 0. The van der Waals surface area contributed by atoms with Gasteiger partial charge in [0.1, 0.15) is 0 Å². The van der Waals surface area contributed by atoms with Crippen LogP contribution in [0.3, 0.4) is 0 Å². The molecule has 100 valence electrons. The summed E-state index contributed by atoms with van der Waals surface area (Å²) in [5, 5.41) is 1.46. The molecular weight excluding hydrogens is 264 g/mol. The van der Waals surface area contributed by atoms with Crippen LogP contribution >= 0.6 is 0 Å². The summed E-state index contributed by atoms with van der Waals surface area (Å²) in [5.41, 5.74) is 5.04. The van der Waals surface area contributed by atoms with Gasteiger partial charge in [-0.2, -0.15) is 4.31 Å². The maximum absolute atomic E-state index is 12.4. The Morgan fingerprint density at radius 3 is 2.47 bits per heavy atom. The standard InChI is InChI=1S/C13H14N2O3S/c1-15(9-13(14)16)19(17,18)12-8-4-6-10-5-2-3-7-11(10)12/h2-8H,9H2,1H3,(H2,14,16). The molecule has 0 spiro atoms. The van der Waals surface area contributed by atoms with Crippen LogP contribution < -0.4 is 5.73 Å². The van der Waals surface area contributed by atoms with Crippen LogP contribution in [0.1, 0.15) is 0 Å². The highest BCUT2D eigenvalue weighted by molar-refractivity contribution is 7.89. The van der Waals surface area contributed by atoms with Gasteiger partial charge in [-0.1, -0.05) is 36.4 Å². The van der Waals surface area contributed by atoms with E-state index in [9.17, 15) is 13.2 Å². The number of benzene rings is 2. The first kappa shape index (κ1) is 13.5. The Morgan fingerprint density at radius 1 is 1.16 bits per heavy atom. The highest BCUT2D eigenvalue weighted by atomic mass is 32.2. The number of fused-ring (bicyclic) bond motifs is 1. The van der Waals surface area contributed by atoms with Gasteiger partial charge in [0, 0.05) is 12.4 Å². The molecule has 2 N–H and O–H groups in total. The number of rotatable bonds is 4. The van der Waals surface area contributed by atoms with E-state index in [2.05, 4.69) is 0 Å². The smallest absolute Gasteiger partial charge is 0.243 e. The molecule has 6 heteroatoms. The summed E-state index contributed by atoms with van der Waals surface area (Å²) in [6.07, 6.45) is 0. The van der Waals surface area contributed by atoms with Gasteiger partial charge in [0.2, 0.25) is 15.9 Å². The van der Waals surface area contributed by atoms with E-state index in [0.29, 0.717) is 5.39 Å². The van der Waals surface area contributed by atoms with Gasteiger partial charge in [-0.05, 0) is 11.5 Å². The average molecular weight is 278 g/mol. The van der Waals surface area contributed by atoms with Gasteiger partial charge in [-0.3, -0.25) is 4.79 Å². The normalized spacial score (nSPS) is 11.9. The molecule has 0 aliphatic heterocycles. The molecule has 0 fully saturated rings. The maximum atomic E-state index is 12.4. The molecule has 0 bridgehead atoms. The minimum absolute atomic E-state index is 0.175. The zero-order valence-corrected chi connectivity index (χ0v) is 11.2. The van der Waals surface area contributed by atoms with E-state index in [1.165, 1.54) is 13.1 Å². The number of carbonyl (C=O) groups excluding carboxylic acids is 1. The minimum Gasteiger partial charge on any atom is -0.369 e. The Kier molecular flexibility index (Phi) is 3.55. The molecular formula is C13H14N2O3S. The molecule has 0 radical (unpaired) electrons. The van der Waals surface area contributed by atoms with Crippen molar-refractivity contribution in [2.75, 3.05) is 13.6 Å². The first-order valence-corrected chi connectivity index (χ1v) is 7.09. The number of hydrogen-bond donors (Lipinski definition) is 1. The number of nitrogens with zero attached hydrogens (tertiary/aromatic N) is 1. The molecule has 0 saturated heterocycles. The van der Waals surface area contributed by atoms with Crippen LogP contribution in [0.5, 0.6) is 0 Å². The lowest BCUT2D eigenvalue weighted by Crippen LogP contribution is -2.35. The number of hydrogen-bond acceptors (Lipinski definition) is 3. The van der Waals surface area contributed by atoms with Gasteiger partial charge in [0.05, 0.1) is 11.4 Å². The number of likely N-dealkylation sites (N-methyl/N-ethyl adjacent to an activating group) is 1. The van der Waals surface area contributed by atoms with E-state index in [4.69, 9.17) is 5.73 Å². The van der Waals surface area contributed by atoms with Crippen molar-refractivity contribution in [3.8, 4) is 0 Å². The summed E-state index contributed by atoms with van der Waals surface area (Å²) in [6.45, 7) is -0.342. The van der Waals surface area contributed by atoms with Gasteiger partial charge in [-0.15, -0.1) is 0 Å². The first-order valence-electron chi connectivity index (χ1n) is 5.65. The minimum atomic E-state index is -3.73. The Labute approximate surface area is 111 Å². The molecule has 19 heavy (non-hydrogen) atoms. The molecule has 2 aromatic rings. The molecule has 1 amide bonds. The fourth-order valence-electron chi connectivity index (χ4n) is 1.89. The molecule has 2 aromatic carbocycles. The SMILES string of the molecule is CN(CC(N)=O)S(=O)(=O)c1cccc2ccccc12. The summed E-state index contributed by atoms with van der Waals surface area (Å²) in [5.74, 6) is -0.689. The van der Waals surface area contributed by atoms with Crippen molar-refractivity contribution in [2.45, 2.75) is 4.90 Å². The average Bonchev–Trinajstić information content (AvgIpc) is 2.37. The molecule has 2 rings (SSSR count). The van der Waals surface area contributed by atoms with Crippen LogP contribution in [-0.4, -0.2) is 32.2 Å². The lowest BCUT2D eigenvalue weighted by molar-refractivity contribution is -0.118. The van der Waals surface area contributed by atoms with Crippen LogP contribution in [-0.2, 0) is 14.8 Å². The van der Waals surface area contributed by atoms with E-state index in [1.54, 1.807) is 18.2 Å². The molecule has 5 nitrogen and oxygen atoms in total. The van der Waals surface area contributed by atoms with Crippen molar-refractivity contribution in [2.24, 2.45) is 5.73 Å². The second-order valence-electron chi connectivity index (χ2n) is 4.20. The van der Waals surface area contributed by atoms with Crippen molar-refractivity contribution in [3.63, 3.8) is 0 Å². The van der Waals surface area contributed by atoms with E-state index < -0.39 is 15.9 Å². The Bertz CT molecular complexity index is 720. The van der Waals surface area contributed by atoms with E-state index >= 15 is 0 Å². The van der Waals surface area contributed by atoms with Crippen LogP contribution in [0, 0.1) is 0 Å². The topological polar surface area (TPSA) is 80.5 Å². The van der Waals surface area contributed by atoms with Crippen LogP contribution in [0.4, 0.5) is 0 Å². The molecule has 0 atom stereocenters. The van der Waals surface area contributed by atoms with Gasteiger partial charge in [-0.25, -0.2) is 8.42 Å². The Balaban J connectivity index is 2.58. The zero-order valence-electron chi connectivity index (χ0n) is 10.4. The maximum Gasteiger partial charge on any atom is 0.243 e. The number of carbonyl (C=O) groups is 1. The monoisotopic (exact) mass is 278 g/mol. The van der Waals surface area contributed by atoms with Crippen LogP contribution in [0.2, 0.25) is 0 Å². The van der Waals surface area contributed by atoms with E-state index in [0.717, 1.165) is 9.69 Å². The molecule has 0 aliphatic rings. The predicted octanol–water partition coefficient (Wildman–Crippen LogP) is 0.946. The predicted molar refractivity (Wildman–Crippen MR) is 73.0 cm³/mol. The lowest BCUT2D eigenvalue weighted by atomic mass is 10.1. The third-order valence-electron chi connectivity index (χ3n) is 2.82. The Morgan fingerprint density at radius 2 is 1.79 bits per heavy atom. The van der Waals surface area contributed by atoms with Gasteiger partial charge in [0.15, 0.2) is 0 Å². The van der Waals surface area contributed by atoms with Crippen LogP contribution in [0.15, 0.2) is 47.4 Å². The van der Waals surface area contributed by atoms with Gasteiger partial charge < -0.3 is 5.73 Å². The largest absolute Gasteiger partial charge is 0.369 e. The van der Waals surface area contributed by atoms with Crippen molar-refractivity contribution in [1.29, 1.82) is 0 Å². The highest BCUT2D eigenvalue weighted by Crippen LogP contribution is 2.24. The number of nitrogens with two attached hydrogens (primary N) is 1.